The second-order valence-electron chi connectivity index (χ2n) is 7.47. The molecule has 1 amide bonds. The second kappa shape index (κ2) is 7.27. The van der Waals surface area contributed by atoms with Crippen molar-refractivity contribution in [2.45, 2.75) is 39.3 Å². The third kappa shape index (κ3) is 4.20. The molecule has 0 fully saturated rings. The fraction of sp³-hybridized carbons (Fsp3) is 0.474. The van der Waals surface area contributed by atoms with Crippen molar-refractivity contribution in [1.29, 1.82) is 0 Å². The van der Waals surface area contributed by atoms with E-state index in [4.69, 9.17) is 0 Å². The van der Waals surface area contributed by atoms with Crippen LogP contribution in [0.3, 0.4) is 0 Å². The third-order valence-corrected chi connectivity index (χ3v) is 4.47. The highest BCUT2D eigenvalue weighted by Crippen LogP contribution is 2.22. The summed E-state index contributed by atoms with van der Waals surface area (Å²) in [4.78, 5) is 24.1. The molecular weight excluding hydrogens is 318 g/mol. The van der Waals surface area contributed by atoms with Crippen LogP contribution in [0.4, 0.5) is 0 Å². The Morgan fingerprint density at radius 3 is 2.44 bits per heavy atom. The molecule has 25 heavy (non-hydrogen) atoms. The minimum atomic E-state index is -1.03. The highest BCUT2D eigenvalue weighted by Gasteiger charge is 2.34. The first-order valence-corrected chi connectivity index (χ1v) is 8.38. The number of rotatable bonds is 6. The van der Waals surface area contributed by atoms with E-state index >= 15 is 0 Å². The van der Waals surface area contributed by atoms with E-state index in [2.05, 4.69) is 10.6 Å². The van der Waals surface area contributed by atoms with Gasteiger partial charge in [-0.2, -0.15) is 0 Å². The summed E-state index contributed by atoms with van der Waals surface area (Å²) >= 11 is 0. The molecule has 6 nitrogen and oxygen atoms in total. The number of carbonyl (C=O) groups is 2. The first kappa shape index (κ1) is 19.0. The van der Waals surface area contributed by atoms with Gasteiger partial charge >= 0.3 is 5.97 Å². The predicted octanol–water partition coefficient (Wildman–Crippen LogP) is 1.92. The number of carboxylic acids is 1. The van der Waals surface area contributed by atoms with E-state index in [9.17, 15) is 14.7 Å². The lowest BCUT2D eigenvalue weighted by molar-refractivity contribution is -0.145. The number of carbonyl (C=O) groups excluding carboxylic acids is 1. The van der Waals surface area contributed by atoms with E-state index in [1.54, 1.807) is 27.8 Å². The summed E-state index contributed by atoms with van der Waals surface area (Å²) in [5, 5.41) is 16.2. The number of benzene rings is 1. The van der Waals surface area contributed by atoms with Gasteiger partial charge in [-0.1, -0.05) is 39.0 Å². The second-order valence-corrected chi connectivity index (χ2v) is 7.47. The lowest BCUT2D eigenvalue weighted by Gasteiger charge is -2.29. The van der Waals surface area contributed by atoms with E-state index in [1.165, 1.54) is 0 Å². The molecule has 1 unspecified atom stereocenters. The summed E-state index contributed by atoms with van der Waals surface area (Å²) in [5.41, 5.74) is 1.58. The molecular formula is C19H27N3O3. The van der Waals surface area contributed by atoms with Crippen LogP contribution in [0.25, 0.3) is 10.9 Å². The standard InChI is InChI=1S/C19H27N3O3/c1-19(2,3)16(18(24)25)21-17(23)14(20-4)10-12-11-22(5)15-9-7-6-8-13(12)15/h6-9,11,14,16,20H,10H2,1-5H3,(H,21,23)(H,24,25)/t14-,16?/m0/s1. The van der Waals surface area contributed by atoms with Crippen LogP contribution in [0, 0.1) is 5.41 Å². The van der Waals surface area contributed by atoms with Crippen molar-refractivity contribution in [2.24, 2.45) is 12.5 Å². The molecule has 2 rings (SSSR count). The van der Waals surface area contributed by atoms with Gasteiger partial charge in [0.1, 0.15) is 6.04 Å². The van der Waals surface area contributed by atoms with Crippen molar-refractivity contribution >= 4 is 22.8 Å². The number of nitrogens with zero attached hydrogens (tertiary/aromatic N) is 1. The minimum absolute atomic E-state index is 0.308. The predicted molar refractivity (Wildman–Crippen MR) is 98.5 cm³/mol. The van der Waals surface area contributed by atoms with E-state index in [0.29, 0.717) is 6.42 Å². The lowest BCUT2D eigenvalue weighted by atomic mass is 9.86. The average Bonchev–Trinajstić information content (AvgIpc) is 2.85. The molecule has 1 aromatic heterocycles. The van der Waals surface area contributed by atoms with Gasteiger partial charge in [0.05, 0.1) is 6.04 Å². The topological polar surface area (TPSA) is 83.4 Å². The molecule has 0 bridgehead atoms. The van der Waals surface area contributed by atoms with E-state index in [0.717, 1.165) is 16.5 Å². The maximum absolute atomic E-state index is 12.6. The van der Waals surface area contributed by atoms with Crippen molar-refractivity contribution in [3.8, 4) is 0 Å². The summed E-state index contributed by atoms with van der Waals surface area (Å²) in [6, 6.07) is 6.58. The quantitative estimate of drug-likeness (QED) is 0.747. The number of aryl methyl sites for hydroxylation is 1. The van der Waals surface area contributed by atoms with Crippen LogP contribution >= 0.6 is 0 Å². The first-order valence-electron chi connectivity index (χ1n) is 8.38. The molecule has 2 aromatic rings. The Hall–Kier alpha value is -2.34. The molecule has 2 atom stereocenters. The number of nitrogens with one attached hydrogen (secondary N) is 2. The Bertz CT molecular complexity index is 774. The number of hydrogen-bond donors (Lipinski definition) is 3. The van der Waals surface area contributed by atoms with E-state index in [1.807, 2.05) is 42.1 Å². The average molecular weight is 345 g/mol. The molecule has 1 aromatic carbocycles. The molecule has 0 aliphatic carbocycles. The number of para-hydroxylation sites is 1. The van der Waals surface area contributed by atoms with Gasteiger partial charge in [0, 0.05) is 24.1 Å². The Balaban J connectivity index is 2.21. The van der Waals surface area contributed by atoms with Gasteiger partial charge < -0.3 is 20.3 Å². The first-order chi connectivity index (χ1) is 11.6. The molecule has 0 saturated heterocycles. The third-order valence-electron chi connectivity index (χ3n) is 4.47. The number of carboxylic acid groups (broad SMARTS) is 1. The van der Waals surface area contributed by atoms with Gasteiger partial charge in [0.15, 0.2) is 0 Å². The van der Waals surface area contributed by atoms with Gasteiger partial charge in [-0.25, -0.2) is 4.79 Å². The van der Waals surface area contributed by atoms with Crippen molar-refractivity contribution in [3.05, 3.63) is 36.0 Å². The monoisotopic (exact) mass is 345 g/mol. The maximum Gasteiger partial charge on any atom is 0.326 e. The Morgan fingerprint density at radius 2 is 1.88 bits per heavy atom. The smallest absolute Gasteiger partial charge is 0.326 e. The van der Waals surface area contributed by atoms with Crippen molar-refractivity contribution in [1.82, 2.24) is 15.2 Å². The maximum atomic E-state index is 12.6. The highest BCUT2D eigenvalue weighted by atomic mass is 16.4. The number of hydrogen-bond acceptors (Lipinski definition) is 3. The van der Waals surface area contributed by atoms with Crippen LogP contribution in [0.5, 0.6) is 0 Å². The largest absolute Gasteiger partial charge is 0.480 e. The molecule has 1 heterocycles. The van der Waals surface area contributed by atoms with Gasteiger partial charge in [0.25, 0.3) is 0 Å². The molecule has 0 aliphatic heterocycles. The number of fused-ring (bicyclic) bond motifs is 1. The fourth-order valence-corrected chi connectivity index (χ4v) is 3.03. The van der Waals surface area contributed by atoms with Crippen molar-refractivity contribution in [3.63, 3.8) is 0 Å². The molecule has 3 N–H and O–H groups in total. The number of aromatic nitrogens is 1. The van der Waals surface area contributed by atoms with Gasteiger partial charge in [-0.05, 0) is 30.5 Å². The summed E-state index contributed by atoms with van der Waals surface area (Å²) in [6.07, 6.45) is 2.50. The normalized spacial score (nSPS) is 14.3. The highest BCUT2D eigenvalue weighted by molar-refractivity contribution is 5.89. The molecule has 0 saturated carbocycles. The fourth-order valence-electron chi connectivity index (χ4n) is 3.03. The summed E-state index contributed by atoms with van der Waals surface area (Å²) in [5.74, 6) is -1.33. The summed E-state index contributed by atoms with van der Waals surface area (Å²) in [7, 11) is 3.68. The van der Waals surface area contributed by atoms with Crippen LogP contribution in [0.1, 0.15) is 26.3 Å². The summed E-state index contributed by atoms with van der Waals surface area (Å²) in [6.45, 7) is 5.39. The molecule has 0 aliphatic rings. The zero-order chi connectivity index (χ0) is 18.8. The number of amides is 1. The molecule has 6 heteroatoms. The van der Waals surface area contributed by atoms with Crippen molar-refractivity contribution in [2.75, 3.05) is 7.05 Å². The zero-order valence-electron chi connectivity index (χ0n) is 15.5. The van der Waals surface area contributed by atoms with Gasteiger partial charge in [-0.3, -0.25) is 4.79 Å². The van der Waals surface area contributed by atoms with E-state index < -0.39 is 23.5 Å². The Morgan fingerprint density at radius 1 is 1.24 bits per heavy atom. The molecule has 136 valence electrons. The lowest BCUT2D eigenvalue weighted by Crippen LogP contribution is -2.54. The van der Waals surface area contributed by atoms with E-state index in [-0.39, 0.29) is 5.91 Å². The van der Waals surface area contributed by atoms with Crippen LogP contribution < -0.4 is 10.6 Å². The Labute approximate surface area is 148 Å². The van der Waals surface area contributed by atoms with Crippen LogP contribution in [-0.2, 0) is 23.1 Å². The van der Waals surface area contributed by atoms with Gasteiger partial charge in [0.2, 0.25) is 5.91 Å². The van der Waals surface area contributed by atoms with Gasteiger partial charge in [-0.15, -0.1) is 0 Å². The molecule has 0 spiro atoms. The summed E-state index contributed by atoms with van der Waals surface area (Å²) < 4.78 is 2.03. The zero-order valence-corrected chi connectivity index (χ0v) is 15.5. The SMILES string of the molecule is CN[C@@H](Cc1cn(C)c2ccccc12)C(=O)NC(C(=O)O)C(C)(C)C. The van der Waals surface area contributed by atoms with Crippen molar-refractivity contribution < 1.29 is 14.7 Å². The van der Waals surface area contributed by atoms with Crippen LogP contribution in [-0.4, -0.2) is 40.7 Å². The van der Waals surface area contributed by atoms with Crippen LogP contribution in [0.2, 0.25) is 0 Å². The number of aliphatic carboxylic acids is 1. The Kier molecular flexibility index (Phi) is 5.52. The number of likely N-dealkylation sites (N-methyl/N-ethyl adjacent to an activating group) is 1. The van der Waals surface area contributed by atoms with Crippen LogP contribution in [0.15, 0.2) is 30.5 Å². The molecule has 0 radical (unpaired) electrons. The minimum Gasteiger partial charge on any atom is -0.480 e.